The molecule has 0 amide bonds. The average Bonchev–Trinajstić information content (AvgIpc) is 2.67. The van der Waals surface area contributed by atoms with Crippen LogP contribution in [0.5, 0.6) is 0 Å². The van der Waals surface area contributed by atoms with Crippen molar-refractivity contribution in [3.8, 4) is 0 Å². The van der Waals surface area contributed by atoms with E-state index < -0.39 is 9.84 Å². The van der Waals surface area contributed by atoms with Gasteiger partial charge in [0.1, 0.15) is 0 Å². The zero-order valence-electron chi connectivity index (χ0n) is 10.1. The van der Waals surface area contributed by atoms with Crippen molar-refractivity contribution in [2.24, 2.45) is 5.92 Å². The molecule has 1 fully saturated rings. The Morgan fingerprint density at radius 1 is 1.35 bits per heavy atom. The van der Waals surface area contributed by atoms with Crippen LogP contribution >= 0.6 is 11.8 Å². The summed E-state index contributed by atoms with van der Waals surface area (Å²) >= 11 is 1.76. The number of aryl methyl sites for hydroxylation is 1. The van der Waals surface area contributed by atoms with Crippen molar-refractivity contribution in [1.82, 2.24) is 0 Å². The summed E-state index contributed by atoms with van der Waals surface area (Å²) in [6.45, 7) is 0. The molecule has 0 bridgehead atoms. The number of rotatable bonds is 4. The Morgan fingerprint density at radius 2 is 2.12 bits per heavy atom. The summed E-state index contributed by atoms with van der Waals surface area (Å²) in [5.41, 5.74) is 1.35. The molecule has 0 saturated carbocycles. The largest absolute Gasteiger partial charge is 0.229 e. The lowest BCUT2D eigenvalue weighted by molar-refractivity contribution is 0.540. The highest BCUT2D eigenvalue weighted by molar-refractivity contribution is 7.98. The van der Waals surface area contributed by atoms with Crippen LogP contribution in [0.1, 0.15) is 18.4 Å². The highest BCUT2D eigenvalue weighted by atomic mass is 32.2. The Kier molecular flexibility index (Phi) is 4.15. The Morgan fingerprint density at radius 3 is 2.76 bits per heavy atom. The van der Waals surface area contributed by atoms with Gasteiger partial charge in [0, 0.05) is 4.90 Å². The molecular weight excluding hydrogens is 252 g/mol. The van der Waals surface area contributed by atoms with Gasteiger partial charge in [0.05, 0.1) is 11.5 Å². The molecule has 4 heteroatoms. The van der Waals surface area contributed by atoms with E-state index in [0.29, 0.717) is 17.4 Å². The smallest absolute Gasteiger partial charge is 0.150 e. The molecule has 17 heavy (non-hydrogen) atoms. The second-order valence-electron chi connectivity index (χ2n) is 4.62. The molecule has 1 atom stereocenters. The quantitative estimate of drug-likeness (QED) is 0.789. The first-order valence-electron chi connectivity index (χ1n) is 5.93. The number of sulfone groups is 1. The monoisotopic (exact) mass is 270 g/mol. The first-order valence-corrected chi connectivity index (χ1v) is 8.97. The third-order valence-corrected chi connectivity index (χ3v) is 6.02. The summed E-state index contributed by atoms with van der Waals surface area (Å²) in [6.07, 6.45) is 4.93. The van der Waals surface area contributed by atoms with Gasteiger partial charge in [-0.15, -0.1) is 11.8 Å². The molecule has 0 aromatic heterocycles. The van der Waals surface area contributed by atoms with E-state index in [-0.39, 0.29) is 0 Å². The molecule has 1 aromatic rings. The van der Waals surface area contributed by atoms with Gasteiger partial charge in [-0.05, 0) is 43.1 Å². The minimum absolute atomic E-state index is 0.370. The fourth-order valence-corrected chi connectivity index (χ4v) is 4.93. The zero-order chi connectivity index (χ0) is 12.3. The molecule has 1 aliphatic rings. The van der Waals surface area contributed by atoms with Gasteiger partial charge in [-0.2, -0.15) is 0 Å². The van der Waals surface area contributed by atoms with E-state index in [1.807, 2.05) is 0 Å². The van der Waals surface area contributed by atoms with Crippen LogP contribution in [-0.2, 0) is 16.3 Å². The average molecular weight is 270 g/mol. The molecule has 0 aliphatic carbocycles. The van der Waals surface area contributed by atoms with Crippen LogP contribution in [0.4, 0.5) is 0 Å². The minimum Gasteiger partial charge on any atom is -0.229 e. The zero-order valence-corrected chi connectivity index (χ0v) is 11.7. The van der Waals surface area contributed by atoms with Gasteiger partial charge in [-0.3, -0.25) is 0 Å². The lowest BCUT2D eigenvalue weighted by Gasteiger charge is -2.10. The van der Waals surface area contributed by atoms with Crippen molar-refractivity contribution in [2.75, 3.05) is 17.8 Å². The topological polar surface area (TPSA) is 34.1 Å². The van der Waals surface area contributed by atoms with Crippen LogP contribution in [0.15, 0.2) is 29.2 Å². The molecule has 2 nitrogen and oxygen atoms in total. The maximum atomic E-state index is 11.4. The Balaban J connectivity index is 1.94. The summed E-state index contributed by atoms with van der Waals surface area (Å²) in [5, 5.41) is 0. The first kappa shape index (κ1) is 13.0. The van der Waals surface area contributed by atoms with Crippen LogP contribution in [0.2, 0.25) is 0 Å². The fourth-order valence-electron chi connectivity index (χ4n) is 2.37. The molecule has 2 rings (SSSR count). The second-order valence-corrected chi connectivity index (χ2v) is 7.70. The van der Waals surface area contributed by atoms with Crippen LogP contribution in [-0.4, -0.2) is 26.2 Å². The van der Waals surface area contributed by atoms with E-state index >= 15 is 0 Å². The highest BCUT2D eigenvalue weighted by Crippen LogP contribution is 2.26. The highest BCUT2D eigenvalue weighted by Gasteiger charge is 2.27. The summed E-state index contributed by atoms with van der Waals surface area (Å²) in [7, 11) is -2.72. The summed E-state index contributed by atoms with van der Waals surface area (Å²) in [4.78, 5) is 1.31. The van der Waals surface area contributed by atoms with Gasteiger partial charge in [-0.25, -0.2) is 8.42 Å². The van der Waals surface area contributed by atoms with Crippen molar-refractivity contribution < 1.29 is 8.42 Å². The maximum Gasteiger partial charge on any atom is 0.150 e. The van der Waals surface area contributed by atoms with Crippen LogP contribution in [0, 0.1) is 5.92 Å². The van der Waals surface area contributed by atoms with Gasteiger partial charge in [0.15, 0.2) is 9.84 Å². The van der Waals surface area contributed by atoms with Crippen LogP contribution in [0.3, 0.4) is 0 Å². The van der Waals surface area contributed by atoms with Crippen LogP contribution < -0.4 is 0 Å². The Labute approximate surface area is 108 Å². The molecule has 94 valence electrons. The predicted molar refractivity (Wildman–Crippen MR) is 73.3 cm³/mol. The minimum atomic E-state index is -2.72. The van der Waals surface area contributed by atoms with E-state index in [0.717, 1.165) is 19.3 Å². The van der Waals surface area contributed by atoms with Gasteiger partial charge < -0.3 is 0 Å². The molecule has 0 N–H and O–H groups in total. The number of hydrogen-bond acceptors (Lipinski definition) is 3. The predicted octanol–water partition coefficient (Wildman–Crippen LogP) is 2.78. The molecular formula is C13H18O2S2. The van der Waals surface area contributed by atoms with Crippen molar-refractivity contribution in [1.29, 1.82) is 0 Å². The molecule has 1 aromatic carbocycles. The standard InChI is InChI=1S/C13H18O2S2/c1-16-13-5-3-2-4-12(13)7-6-11-8-9-17(14,15)10-11/h2-5,11H,6-10H2,1H3/t11-/m0/s1. The Hall–Kier alpha value is -0.480. The van der Waals surface area contributed by atoms with Crippen molar-refractivity contribution in [3.63, 3.8) is 0 Å². The van der Waals surface area contributed by atoms with Gasteiger partial charge in [0.25, 0.3) is 0 Å². The van der Waals surface area contributed by atoms with E-state index in [1.165, 1.54) is 10.5 Å². The summed E-state index contributed by atoms with van der Waals surface area (Å²) in [5.74, 6) is 1.16. The van der Waals surface area contributed by atoms with Gasteiger partial charge >= 0.3 is 0 Å². The third-order valence-electron chi connectivity index (χ3n) is 3.34. The SMILES string of the molecule is CSc1ccccc1CC[C@H]1CCS(=O)(=O)C1. The number of hydrogen-bond donors (Lipinski definition) is 0. The van der Waals surface area contributed by atoms with E-state index in [2.05, 4.69) is 30.5 Å². The molecule has 0 radical (unpaired) electrons. The molecule has 1 aliphatic heterocycles. The maximum absolute atomic E-state index is 11.4. The molecule has 0 unspecified atom stereocenters. The van der Waals surface area contributed by atoms with Gasteiger partial charge in [-0.1, -0.05) is 18.2 Å². The summed E-state index contributed by atoms with van der Waals surface area (Å²) in [6, 6.07) is 8.39. The second kappa shape index (κ2) is 5.44. The number of thioether (sulfide) groups is 1. The van der Waals surface area contributed by atoms with E-state index in [1.54, 1.807) is 11.8 Å². The van der Waals surface area contributed by atoms with E-state index in [9.17, 15) is 8.42 Å². The van der Waals surface area contributed by atoms with Crippen LogP contribution in [0.25, 0.3) is 0 Å². The normalized spacial score (nSPS) is 22.8. The van der Waals surface area contributed by atoms with Gasteiger partial charge in [0.2, 0.25) is 0 Å². The Bertz CT molecular complexity index is 480. The molecule has 1 saturated heterocycles. The number of benzene rings is 1. The van der Waals surface area contributed by atoms with Crippen molar-refractivity contribution >= 4 is 21.6 Å². The lowest BCUT2D eigenvalue weighted by Crippen LogP contribution is -2.06. The van der Waals surface area contributed by atoms with E-state index in [4.69, 9.17) is 0 Å². The lowest BCUT2D eigenvalue weighted by atomic mass is 9.99. The summed E-state index contributed by atoms with van der Waals surface area (Å²) < 4.78 is 22.7. The molecule has 1 heterocycles. The third kappa shape index (κ3) is 3.49. The molecule has 0 spiro atoms. The first-order chi connectivity index (χ1) is 8.11. The van der Waals surface area contributed by atoms with Crippen molar-refractivity contribution in [3.05, 3.63) is 29.8 Å². The fraction of sp³-hybridized carbons (Fsp3) is 0.538. The van der Waals surface area contributed by atoms with Crippen molar-refractivity contribution in [2.45, 2.75) is 24.2 Å².